The predicted octanol–water partition coefficient (Wildman–Crippen LogP) is 4.39. The van der Waals surface area contributed by atoms with Crippen molar-refractivity contribution < 1.29 is 19.8 Å². The van der Waals surface area contributed by atoms with Crippen LogP contribution in [0.2, 0.25) is 0 Å². The van der Waals surface area contributed by atoms with Crippen LogP contribution < -0.4 is 0 Å². The number of hydrogen-bond acceptors (Lipinski definition) is 2. The number of rotatable bonds is 14. The van der Waals surface area contributed by atoms with Gasteiger partial charge in [-0.05, 0) is 38.5 Å². The van der Waals surface area contributed by atoms with Crippen LogP contribution in [-0.4, -0.2) is 22.2 Å². The first-order chi connectivity index (χ1) is 9.63. The third-order valence-electron chi connectivity index (χ3n) is 3.19. The number of aliphatic carboxylic acids is 2. The van der Waals surface area contributed by atoms with Crippen LogP contribution in [-0.2, 0) is 9.59 Å². The molecule has 20 heavy (non-hydrogen) atoms. The number of carbonyl (C=O) groups is 2. The van der Waals surface area contributed by atoms with Crippen LogP contribution >= 0.6 is 0 Å². The largest absolute Gasteiger partial charge is 0.481 e. The molecule has 0 atom stereocenters. The van der Waals surface area contributed by atoms with Crippen LogP contribution in [0, 0.1) is 0 Å². The molecule has 0 bridgehead atoms. The van der Waals surface area contributed by atoms with Gasteiger partial charge in [-0.3, -0.25) is 9.59 Å². The summed E-state index contributed by atoms with van der Waals surface area (Å²) >= 11 is 0. The number of unbranched alkanes of at least 4 members (excludes halogenated alkanes) is 8. The molecule has 2 N–H and O–H groups in total. The van der Waals surface area contributed by atoms with E-state index in [0.717, 1.165) is 64.2 Å². The highest BCUT2D eigenvalue weighted by Gasteiger charge is 1.96. The quantitative estimate of drug-likeness (QED) is 0.366. The molecule has 0 aromatic carbocycles. The second-order valence-corrected chi connectivity index (χ2v) is 5.16. The Bertz CT molecular complexity index is 256. The molecular formula is C16H28O4. The maximum Gasteiger partial charge on any atom is 0.303 e. The van der Waals surface area contributed by atoms with Gasteiger partial charge in [0.2, 0.25) is 0 Å². The van der Waals surface area contributed by atoms with Gasteiger partial charge in [-0.25, -0.2) is 0 Å². The standard InChI is InChI=1S/C16H28O4/c17-15(18)13-11-9-7-5-3-1-2-4-6-8-10-12-14-16(19)20/h1-2H,3-14H2,(H,17,18)(H,19,20). The average Bonchev–Trinajstić information content (AvgIpc) is 2.38. The number of carboxylic acid groups (broad SMARTS) is 2. The van der Waals surface area contributed by atoms with Gasteiger partial charge in [0.1, 0.15) is 0 Å². The van der Waals surface area contributed by atoms with Gasteiger partial charge >= 0.3 is 11.9 Å². The number of hydrogen-bond donors (Lipinski definition) is 2. The number of allylic oxidation sites excluding steroid dienone is 2. The van der Waals surface area contributed by atoms with Crippen molar-refractivity contribution in [2.45, 2.75) is 77.0 Å². The minimum Gasteiger partial charge on any atom is -0.481 e. The van der Waals surface area contributed by atoms with Gasteiger partial charge in [0, 0.05) is 12.8 Å². The zero-order valence-electron chi connectivity index (χ0n) is 12.4. The summed E-state index contributed by atoms with van der Waals surface area (Å²) in [4.78, 5) is 20.6. The van der Waals surface area contributed by atoms with Crippen LogP contribution in [0.4, 0.5) is 0 Å². The SMILES string of the molecule is O=C(O)CCCCCCC=CCCCCCCC(=O)O. The average molecular weight is 284 g/mol. The zero-order valence-corrected chi connectivity index (χ0v) is 12.4. The minimum absolute atomic E-state index is 0.289. The molecular weight excluding hydrogens is 256 g/mol. The van der Waals surface area contributed by atoms with E-state index in [1.165, 1.54) is 0 Å². The lowest BCUT2D eigenvalue weighted by molar-refractivity contribution is -0.138. The van der Waals surface area contributed by atoms with Crippen LogP contribution in [0.1, 0.15) is 77.0 Å². The fourth-order valence-corrected chi connectivity index (χ4v) is 2.02. The van der Waals surface area contributed by atoms with Gasteiger partial charge in [-0.1, -0.05) is 37.8 Å². The molecule has 0 unspecified atom stereocenters. The third kappa shape index (κ3) is 16.7. The van der Waals surface area contributed by atoms with Crippen molar-refractivity contribution in [3.8, 4) is 0 Å². The molecule has 0 amide bonds. The second-order valence-electron chi connectivity index (χ2n) is 5.16. The summed E-state index contributed by atoms with van der Waals surface area (Å²) in [6, 6.07) is 0. The topological polar surface area (TPSA) is 74.6 Å². The fourth-order valence-electron chi connectivity index (χ4n) is 2.02. The van der Waals surface area contributed by atoms with Crippen LogP contribution in [0.25, 0.3) is 0 Å². The smallest absolute Gasteiger partial charge is 0.303 e. The summed E-state index contributed by atoms with van der Waals surface area (Å²) in [5.41, 5.74) is 0. The van der Waals surface area contributed by atoms with Crippen molar-refractivity contribution in [1.82, 2.24) is 0 Å². The summed E-state index contributed by atoms with van der Waals surface area (Å²) in [6.07, 6.45) is 15.2. The zero-order chi connectivity index (χ0) is 15.1. The molecule has 4 heteroatoms. The Labute approximate surface area is 121 Å². The molecule has 116 valence electrons. The molecule has 0 saturated carbocycles. The molecule has 0 spiro atoms. The van der Waals surface area contributed by atoms with Gasteiger partial charge in [-0.2, -0.15) is 0 Å². The summed E-state index contributed by atoms with van der Waals surface area (Å²) in [5.74, 6) is -1.40. The first kappa shape index (κ1) is 18.7. The summed E-state index contributed by atoms with van der Waals surface area (Å²) in [7, 11) is 0. The van der Waals surface area contributed by atoms with Gasteiger partial charge in [-0.15, -0.1) is 0 Å². The van der Waals surface area contributed by atoms with Crippen molar-refractivity contribution in [1.29, 1.82) is 0 Å². The fraction of sp³-hybridized carbons (Fsp3) is 0.750. The van der Waals surface area contributed by atoms with E-state index in [2.05, 4.69) is 12.2 Å². The third-order valence-corrected chi connectivity index (χ3v) is 3.19. The monoisotopic (exact) mass is 284 g/mol. The molecule has 4 nitrogen and oxygen atoms in total. The maximum absolute atomic E-state index is 10.3. The number of carboxylic acids is 2. The van der Waals surface area contributed by atoms with Crippen LogP contribution in [0.5, 0.6) is 0 Å². The molecule has 0 aliphatic carbocycles. The molecule has 0 aromatic rings. The van der Waals surface area contributed by atoms with E-state index < -0.39 is 11.9 Å². The molecule has 0 fully saturated rings. The molecule has 0 aromatic heterocycles. The highest BCUT2D eigenvalue weighted by Crippen LogP contribution is 2.08. The van der Waals surface area contributed by atoms with Crippen molar-refractivity contribution in [3.05, 3.63) is 12.2 Å². The Hall–Kier alpha value is -1.32. The molecule has 0 aliphatic heterocycles. The Morgan fingerprint density at radius 3 is 1.30 bits per heavy atom. The van der Waals surface area contributed by atoms with Gasteiger partial charge in [0.05, 0.1) is 0 Å². The van der Waals surface area contributed by atoms with Crippen LogP contribution in [0.15, 0.2) is 12.2 Å². The Kier molecular flexibility index (Phi) is 13.2. The van der Waals surface area contributed by atoms with E-state index in [4.69, 9.17) is 10.2 Å². The lowest BCUT2D eigenvalue weighted by atomic mass is 10.1. The Morgan fingerprint density at radius 1 is 0.600 bits per heavy atom. The Morgan fingerprint density at radius 2 is 0.950 bits per heavy atom. The van der Waals surface area contributed by atoms with Gasteiger partial charge in [0.15, 0.2) is 0 Å². The van der Waals surface area contributed by atoms with E-state index in [0.29, 0.717) is 0 Å². The normalized spacial score (nSPS) is 11.0. The van der Waals surface area contributed by atoms with Crippen molar-refractivity contribution >= 4 is 11.9 Å². The first-order valence-corrected chi connectivity index (χ1v) is 7.71. The lowest BCUT2D eigenvalue weighted by Crippen LogP contribution is -1.93. The maximum atomic E-state index is 10.3. The highest BCUT2D eigenvalue weighted by molar-refractivity contribution is 5.66. The van der Waals surface area contributed by atoms with Crippen LogP contribution in [0.3, 0.4) is 0 Å². The van der Waals surface area contributed by atoms with E-state index in [1.807, 2.05) is 0 Å². The summed E-state index contributed by atoms with van der Waals surface area (Å²) in [6.45, 7) is 0. The second kappa shape index (κ2) is 14.1. The van der Waals surface area contributed by atoms with E-state index >= 15 is 0 Å². The Balaban J connectivity index is 3.12. The predicted molar refractivity (Wildman–Crippen MR) is 79.8 cm³/mol. The van der Waals surface area contributed by atoms with E-state index in [1.54, 1.807) is 0 Å². The lowest BCUT2D eigenvalue weighted by Gasteiger charge is -1.98. The van der Waals surface area contributed by atoms with Gasteiger partial charge in [0.25, 0.3) is 0 Å². The molecule has 0 heterocycles. The van der Waals surface area contributed by atoms with Gasteiger partial charge < -0.3 is 10.2 Å². The first-order valence-electron chi connectivity index (χ1n) is 7.71. The minimum atomic E-state index is -0.701. The molecule has 0 radical (unpaired) electrons. The van der Waals surface area contributed by atoms with Crippen molar-refractivity contribution in [2.24, 2.45) is 0 Å². The summed E-state index contributed by atoms with van der Waals surface area (Å²) in [5, 5.41) is 17.0. The molecule has 0 rings (SSSR count). The molecule has 0 aliphatic rings. The van der Waals surface area contributed by atoms with Crippen molar-refractivity contribution in [2.75, 3.05) is 0 Å². The molecule has 0 saturated heterocycles. The van der Waals surface area contributed by atoms with Crippen molar-refractivity contribution in [3.63, 3.8) is 0 Å². The van der Waals surface area contributed by atoms with E-state index in [9.17, 15) is 9.59 Å². The highest BCUT2D eigenvalue weighted by atomic mass is 16.4. The van der Waals surface area contributed by atoms with E-state index in [-0.39, 0.29) is 12.8 Å². The summed E-state index contributed by atoms with van der Waals surface area (Å²) < 4.78 is 0.